The molecule has 0 fully saturated rings. The molecular formula is C22H26ClFN2O2S. The van der Waals surface area contributed by atoms with Crippen molar-refractivity contribution in [1.29, 1.82) is 0 Å². The van der Waals surface area contributed by atoms with Gasteiger partial charge in [0, 0.05) is 40.7 Å². The van der Waals surface area contributed by atoms with Crippen molar-refractivity contribution >= 4 is 35.2 Å². The van der Waals surface area contributed by atoms with Crippen LogP contribution in [0.1, 0.15) is 32.3 Å². The lowest BCUT2D eigenvalue weighted by atomic mass is 10.1. The van der Waals surface area contributed by atoms with Crippen molar-refractivity contribution in [2.45, 2.75) is 44.2 Å². The van der Waals surface area contributed by atoms with E-state index in [0.717, 1.165) is 11.3 Å². The lowest BCUT2D eigenvalue weighted by Gasteiger charge is -2.29. The van der Waals surface area contributed by atoms with Gasteiger partial charge >= 0.3 is 0 Å². The average molecular weight is 437 g/mol. The number of nitrogens with zero attached hydrogens (tertiary/aromatic N) is 1. The minimum absolute atomic E-state index is 0.0534. The van der Waals surface area contributed by atoms with Gasteiger partial charge in [0.2, 0.25) is 11.8 Å². The topological polar surface area (TPSA) is 49.4 Å². The van der Waals surface area contributed by atoms with Crippen molar-refractivity contribution in [2.24, 2.45) is 0 Å². The maximum Gasteiger partial charge on any atom is 0.242 e. The van der Waals surface area contributed by atoms with Gasteiger partial charge < -0.3 is 10.2 Å². The molecular weight excluding hydrogens is 411 g/mol. The highest BCUT2D eigenvalue weighted by molar-refractivity contribution is 7.99. The summed E-state index contributed by atoms with van der Waals surface area (Å²) in [5.74, 6) is -0.255. The van der Waals surface area contributed by atoms with Crippen molar-refractivity contribution in [3.8, 4) is 0 Å². The summed E-state index contributed by atoms with van der Waals surface area (Å²) < 4.78 is 14.1. The number of hydrogen-bond donors (Lipinski definition) is 1. The lowest BCUT2D eigenvalue weighted by Crippen LogP contribution is -2.48. The molecule has 29 heavy (non-hydrogen) atoms. The first-order valence-electron chi connectivity index (χ1n) is 9.61. The average Bonchev–Trinajstić information content (AvgIpc) is 2.72. The lowest BCUT2D eigenvalue weighted by molar-refractivity contribution is -0.140. The van der Waals surface area contributed by atoms with E-state index >= 15 is 0 Å². The first kappa shape index (κ1) is 23.2. The Hall–Kier alpha value is -2.05. The van der Waals surface area contributed by atoms with Crippen LogP contribution in [-0.4, -0.2) is 35.1 Å². The Balaban J connectivity index is 2.05. The molecule has 0 saturated carbocycles. The summed E-state index contributed by atoms with van der Waals surface area (Å²) in [5.41, 5.74) is 0.390. The van der Waals surface area contributed by atoms with Gasteiger partial charge in [0.25, 0.3) is 0 Å². The molecule has 7 heteroatoms. The molecule has 1 N–H and O–H groups in total. The molecule has 0 aliphatic carbocycles. The van der Waals surface area contributed by atoms with E-state index in [1.807, 2.05) is 19.1 Å². The van der Waals surface area contributed by atoms with E-state index in [2.05, 4.69) is 5.32 Å². The van der Waals surface area contributed by atoms with Gasteiger partial charge in [-0.25, -0.2) is 4.39 Å². The van der Waals surface area contributed by atoms with Crippen LogP contribution in [-0.2, 0) is 16.1 Å². The van der Waals surface area contributed by atoms with E-state index in [1.165, 1.54) is 22.7 Å². The fourth-order valence-corrected chi connectivity index (χ4v) is 3.69. The maximum atomic E-state index is 14.1. The van der Waals surface area contributed by atoms with Crippen molar-refractivity contribution in [2.75, 3.05) is 12.3 Å². The number of hydrogen-bond acceptors (Lipinski definition) is 3. The quantitative estimate of drug-likeness (QED) is 0.538. The summed E-state index contributed by atoms with van der Waals surface area (Å²) in [6.45, 7) is 4.23. The third-order valence-electron chi connectivity index (χ3n) is 4.41. The van der Waals surface area contributed by atoms with Gasteiger partial charge in [-0.05, 0) is 43.7 Å². The smallest absolute Gasteiger partial charge is 0.242 e. The van der Waals surface area contributed by atoms with Gasteiger partial charge in [-0.3, -0.25) is 9.59 Å². The third kappa shape index (κ3) is 7.37. The molecule has 2 amide bonds. The number of nitrogens with one attached hydrogen (secondary N) is 1. The van der Waals surface area contributed by atoms with Gasteiger partial charge in [0.05, 0.1) is 0 Å². The highest BCUT2D eigenvalue weighted by Gasteiger charge is 2.26. The van der Waals surface area contributed by atoms with E-state index in [1.54, 1.807) is 37.3 Å². The normalized spacial score (nSPS) is 11.7. The van der Waals surface area contributed by atoms with Crippen LogP contribution in [0.3, 0.4) is 0 Å². The Morgan fingerprint density at radius 3 is 2.52 bits per heavy atom. The molecule has 0 heterocycles. The van der Waals surface area contributed by atoms with E-state index in [0.29, 0.717) is 22.9 Å². The van der Waals surface area contributed by atoms with Crippen molar-refractivity contribution < 1.29 is 14.0 Å². The molecule has 0 saturated heterocycles. The van der Waals surface area contributed by atoms with Crippen LogP contribution in [0.25, 0.3) is 0 Å². The largest absolute Gasteiger partial charge is 0.354 e. The fourth-order valence-electron chi connectivity index (χ4n) is 2.72. The maximum absolute atomic E-state index is 14.1. The zero-order valence-corrected chi connectivity index (χ0v) is 18.2. The second-order valence-electron chi connectivity index (χ2n) is 6.63. The Kier molecular flexibility index (Phi) is 9.48. The fraction of sp³-hybridized carbons (Fsp3) is 0.364. The molecule has 0 bridgehead atoms. The number of thioether (sulfide) groups is 1. The number of benzene rings is 2. The number of halogens is 2. The Labute approximate surface area is 180 Å². The third-order valence-corrected chi connectivity index (χ3v) is 5.68. The number of rotatable bonds is 10. The zero-order valence-electron chi connectivity index (χ0n) is 16.7. The van der Waals surface area contributed by atoms with Gasteiger partial charge in [-0.15, -0.1) is 11.8 Å². The van der Waals surface area contributed by atoms with Crippen LogP contribution >= 0.6 is 23.4 Å². The molecule has 0 aliphatic rings. The minimum Gasteiger partial charge on any atom is -0.354 e. The molecule has 0 aromatic heterocycles. The summed E-state index contributed by atoms with van der Waals surface area (Å²) in [4.78, 5) is 27.8. The summed E-state index contributed by atoms with van der Waals surface area (Å²) in [6, 6.07) is 13.0. The van der Waals surface area contributed by atoms with Crippen LogP contribution in [0.4, 0.5) is 4.39 Å². The SMILES string of the molecule is CCCNC(=O)[C@H](C)N(Cc1ccccc1F)C(=O)CCSc1ccc(Cl)cc1. The van der Waals surface area contributed by atoms with Crippen molar-refractivity contribution in [1.82, 2.24) is 10.2 Å². The van der Waals surface area contributed by atoms with E-state index in [9.17, 15) is 14.0 Å². The molecule has 2 aromatic carbocycles. The van der Waals surface area contributed by atoms with E-state index < -0.39 is 6.04 Å². The van der Waals surface area contributed by atoms with Crippen LogP contribution in [0.2, 0.25) is 5.02 Å². The predicted octanol–water partition coefficient (Wildman–Crippen LogP) is 4.90. The Morgan fingerprint density at radius 2 is 1.86 bits per heavy atom. The first-order chi connectivity index (χ1) is 13.9. The highest BCUT2D eigenvalue weighted by atomic mass is 35.5. The Bertz CT molecular complexity index is 817. The van der Waals surface area contributed by atoms with E-state index in [4.69, 9.17) is 11.6 Å². The standard InChI is InChI=1S/C22H26ClFN2O2S/c1-3-13-25-22(28)16(2)26(15-17-6-4-5-7-20(17)24)21(27)12-14-29-19-10-8-18(23)9-11-19/h4-11,16H,3,12-15H2,1-2H3,(H,25,28)/t16-/m0/s1. The van der Waals surface area contributed by atoms with Gasteiger partial charge in [-0.1, -0.05) is 36.7 Å². The van der Waals surface area contributed by atoms with Crippen LogP contribution < -0.4 is 5.32 Å². The molecule has 2 rings (SSSR count). The van der Waals surface area contributed by atoms with Crippen molar-refractivity contribution in [3.05, 3.63) is 64.9 Å². The summed E-state index contributed by atoms with van der Waals surface area (Å²) in [7, 11) is 0. The predicted molar refractivity (Wildman–Crippen MR) is 117 cm³/mol. The monoisotopic (exact) mass is 436 g/mol. The highest BCUT2D eigenvalue weighted by Crippen LogP contribution is 2.22. The number of carbonyl (C=O) groups is 2. The van der Waals surface area contributed by atoms with Gasteiger partial charge in [0.15, 0.2) is 0 Å². The second-order valence-corrected chi connectivity index (χ2v) is 8.24. The first-order valence-corrected chi connectivity index (χ1v) is 11.0. The van der Waals surface area contributed by atoms with Crippen LogP contribution in [0.15, 0.2) is 53.4 Å². The Morgan fingerprint density at radius 1 is 1.17 bits per heavy atom. The summed E-state index contributed by atoms with van der Waals surface area (Å²) in [5, 5.41) is 3.47. The number of amides is 2. The molecule has 1 atom stereocenters. The molecule has 0 aliphatic heterocycles. The molecule has 2 aromatic rings. The molecule has 0 unspecified atom stereocenters. The zero-order chi connectivity index (χ0) is 21.2. The second kappa shape index (κ2) is 11.8. The number of carbonyl (C=O) groups excluding carboxylic acids is 2. The van der Waals surface area contributed by atoms with E-state index in [-0.39, 0.29) is 30.6 Å². The summed E-state index contributed by atoms with van der Waals surface area (Å²) >= 11 is 7.43. The van der Waals surface area contributed by atoms with Gasteiger partial charge in [0.1, 0.15) is 11.9 Å². The van der Waals surface area contributed by atoms with Crippen LogP contribution in [0, 0.1) is 5.82 Å². The van der Waals surface area contributed by atoms with Gasteiger partial charge in [-0.2, -0.15) is 0 Å². The molecule has 0 radical (unpaired) electrons. The summed E-state index contributed by atoms with van der Waals surface area (Å²) in [6.07, 6.45) is 1.05. The van der Waals surface area contributed by atoms with Crippen molar-refractivity contribution in [3.63, 3.8) is 0 Å². The molecule has 156 valence electrons. The molecule has 4 nitrogen and oxygen atoms in total. The van der Waals surface area contributed by atoms with Crippen LogP contribution in [0.5, 0.6) is 0 Å². The minimum atomic E-state index is -0.686. The molecule has 0 spiro atoms.